The van der Waals surface area contributed by atoms with E-state index in [9.17, 15) is 0 Å². The van der Waals surface area contributed by atoms with Crippen LogP contribution < -0.4 is 5.73 Å². The Morgan fingerprint density at radius 3 is 2.11 bits per heavy atom. The largest absolute Gasteiger partial charge is 0.383 e. The lowest BCUT2D eigenvalue weighted by molar-refractivity contribution is 1.37. The molecule has 0 aliphatic heterocycles. The first-order valence-corrected chi connectivity index (χ1v) is 6.14. The van der Waals surface area contributed by atoms with E-state index in [1.54, 1.807) is 7.05 Å². The highest BCUT2D eigenvalue weighted by atomic mass is 14.9. The molecule has 2 aromatic rings. The molecule has 0 heterocycles. The monoisotopic (exact) mass is 251 g/mol. The number of aryl methyl sites for hydroxylation is 1. The topological polar surface area (TPSA) is 50.7 Å². The van der Waals surface area contributed by atoms with Gasteiger partial charge < -0.3 is 5.73 Å². The first-order chi connectivity index (χ1) is 9.20. The predicted octanol–water partition coefficient (Wildman–Crippen LogP) is 2.78. The summed E-state index contributed by atoms with van der Waals surface area (Å²) in [4.78, 5) is 8.60. The third-order valence-corrected chi connectivity index (χ3v) is 2.82. The number of hydrogen-bond acceptors (Lipinski definition) is 1. The second-order valence-corrected chi connectivity index (χ2v) is 4.28. The summed E-state index contributed by atoms with van der Waals surface area (Å²) >= 11 is 0. The zero-order chi connectivity index (χ0) is 13.7. The summed E-state index contributed by atoms with van der Waals surface area (Å²) in [5.41, 5.74) is 9.09. The van der Waals surface area contributed by atoms with E-state index >= 15 is 0 Å². The van der Waals surface area contributed by atoms with Gasteiger partial charge in [0.05, 0.1) is 0 Å². The van der Waals surface area contributed by atoms with E-state index in [4.69, 9.17) is 5.73 Å². The van der Waals surface area contributed by atoms with E-state index in [-0.39, 0.29) is 0 Å². The number of nitrogens with two attached hydrogens (primary N) is 1. The van der Waals surface area contributed by atoms with E-state index in [1.807, 2.05) is 61.5 Å². The molecule has 0 spiro atoms. The number of aliphatic imine (C=N–C) groups is 2. The summed E-state index contributed by atoms with van der Waals surface area (Å²) in [5, 5.41) is 0. The first-order valence-electron chi connectivity index (χ1n) is 6.14. The molecule has 0 aromatic heterocycles. The Kier molecular flexibility index (Phi) is 4.08. The summed E-state index contributed by atoms with van der Waals surface area (Å²) in [7, 11) is 1.72. The van der Waals surface area contributed by atoms with Crippen LogP contribution in [0.1, 0.15) is 16.7 Å². The standard InChI is InChI=1S/C16H17N3/c1-12-8-10-13(11-9-12)15(17)19-16(18-2)14-6-4-3-5-7-14/h3-11H,1-2H3,(H2,17,18,19). The Bertz CT molecular complexity index is 596. The van der Waals surface area contributed by atoms with Gasteiger partial charge in [0.15, 0.2) is 5.84 Å². The number of nitrogens with zero attached hydrogens (tertiary/aromatic N) is 2. The van der Waals surface area contributed by atoms with E-state index in [0.717, 1.165) is 11.1 Å². The average molecular weight is 251 g/mol. The van der Waals surface area contributed by atoms with Gasteiger partial charge in [-0.3, -0.25) is 4.99 Å². The maximum Gasteiger partial charge on any atom is 0.156 e. The quantitative estimate of drug-likeness (QED) is 0.647. The van der Waals surface area contributed by atoms with Crippen molar-refractivity contribution in [3.63, 3.8) is 0 Å². The van der Waals surface area contributed by atoms with E-state index in [1.165, 1.54) is 5.56 Å². The molecule has 3 nitrogen and oxygen atoms in total. The maximum atomic E-state index is 6.03. The van der Waals surface area contributed by atoms with Crippen molar-refractivity contribution < 1.29 is 0 Å². The first kappa shape index (κ1) is 13.0. The van der Waals surface area contributed by atoms with Gasteiger partial charge in [0.25, 0.3) is 0 Å². The molecule has 2 aromatic carbocycles. The van der Waals surface area contributed by atoms with Gasteiger partial charge in [0, 0.05) is 18.2 Å². The molecule has 0 fully saturated rings. The molecule has 2 rings (SSSR count). The van der Waals surface area contributed by atoms with Crippen molar-refractivity contribution in [1.82, 2.24) is 0 Å². The zero-order valence-electron chi connectivity index (χ0n) is 11.2. The van der Waals surface area contributed by atoms with Crippen LogP contribution >= 0.6 is 0 Å². The molecular weight excluding hydrogens is 234 g/mol. The lowest BCUT2D eigenvalue weighted by Crippen LogP contribution is -2.16. The molecule has 0 aliphatic rings. The highest BCUT2D eigenvalue weighted by molar-refractivity contribution is 6.10. The third kappa shape index (κ3) is 3.28. The summed E-state index contributed by atoms with van der Waals surface area (Å²) in [6.45, 7) is 2.04. The number of rotatable bonds is 2. The Hall–Kier alpha value is -2.42. The van der Waals surface area contributed by atoms with Gasteiger partial charge in [0.1, 0.15) is 5.84 Å². The second kappa shape index (κ2) is 5.96. The Morgan fingerprint density at radius 2 is 1.53 bits per heavy atom. The fourth-order valence-corrected chi connectivity index (χ4v) is 1.73. The van der Waals surface area contributed by atoms with Crippen LogP contribution in [0.15, 0.2) is 64.6 Å². The Balaban J connectivity index is 2.31. The van der Waals surface area contributed by atoms with Crippen molar-refractivity contribution in [2.24, 2.45) is 15.7 Å². The van der Waals surface area contributed by atoms with Crippen LogP contribution in [-0.4, -0.2) is 18.7 Å². The van der Waals surface area contributed by atoms with Gasteiger partial charge in [-0.1, -0.05) is 60.2 Å². The summed E-state index contributed by atoms with van der Waals surface area (Å²) in [6.07, 6.45) is 0. The average Bonchev–Trinajstić information content (AvgIpc) is 2.46. The van der Waals surface area contributed by atoms with Gasteiger partial charge in [-0.15, -0.1) is 0 Å². The minimum absolute atomic E-state index is 0.476. The Morgan fingerprint density at radius 1 is 0.895 bits per heavy atom. The molecule has 0 bridgehead atoms. The van der Waals surface area contributed by atoms with Gasteiger partial charge in [0.2, 0.25) is 0 Å². The van der Waals surface area contributed by atoms with Gasteiger partial charge in [-0.25, -0.2) is 4.99 Å². The minimum atomic E-state index is 0.476. The predicted molar refractivity (Wildman–Crippen MR) is 80.8 cm³/mol. The van der Waals surface area contributed by atoms with Crippen molar-refractivity contribution in [2.75, 3.05) is 7.05 Å². The zero-order valence-corrected chi connectivity index (χ0v) is 11.2. The molecule has 2 N–H and O–H groups in total. The number of amidine groups is 2. The van der Waals surface area contributed by atoms with Crippen LogP contribution in [0.2, 0.25) is 0 Å². The van der Waals surface area contributed by atoms with Crippen LogP contribution in [0.4, 0.5) is 0 Å². The van der Waals surface area contributed by atoms with E-state index in [2.05, 4.69) is 9.98 Å². The van der Waals surface area contributed by atoms with Gasteiger partial charge >= 0.3 is 0 Å². The van der Waals surface area contributed by atoms with Crippen molar-refractivity contribution >= 4 is 11.7 Å². The van der Waals surface area contributed by atoms with Crippen LogP contribution in [0.25, 0.3) is 0 Å². The summed E-state index contributed by atoms with van der Waals surface area (Å²) in [6, 6.07) is 17.8. The summed E-state index contributed by atoms with van der Waals surface area (Å²) in [5.74, 6) is 1.11. The smallest absolute Gasteiger partial charge is 0.156 e. The van der Waals surface area contributed by atoms with Crippen LogP contribution in [0, 0.1) is 6.92 Å². The summed E-state index contributed by atoms with van der Waals surface area (Å²) < 4.78 is 0. The van der Waals surface area contributed by atoms with Crippen molar-refractivity contribution in [1.29, 1.82) is 0 Å². The molecule has 0 saturated heterocycles. The van der Waals surface area contributed by atoms with Crippen molar-refractivity contribution in [2.45, 2.75) is 6.92 Å². The molecule has 96 valence electrons. The minimum Gasteiger partial charge on any atom is -0.383 e. The number of hydrogen-bond donors (Lipinski definition) is 1. The highest BCUT2D eigenvalue weighted by Crippen LogP contribution is 2.06. The lowest BCUT2D eigenvalue weighted by atomic mass is 10.1. The molecule has 19 heavy (non-hydrogen) atoms. The maximum absolute atomic E-state index is 6.03. The molecule has 0 saturated carbocycles. The number of benzene rings is 2. The van der Waals surface area contributed by atoms with Crippen LogP contribution in [-0.2, 0) is 0 Å². The van der Waals surface area contributed by atoms with Crippen molar-refractivity contribution in [3.8, 4) is 0 Å². The van der Waals surface area contributed by atoms with Gasteiger partial charge in [-0.2, -0.15) is 0 Å². The molecular formula is C16H17N3. The van der Waals surface area contributed by atoms with Crippen LogP contribution in [0.3, 0.4) is 0 Å². The fraction of sp³-hybridized carbons (Fsp3) is 0.125. The molecule has 3 heteroatoms. The van der Waals surface area contributed by atoms with Crippen molar-refractivity contribution in [3.05, 3.63) is 71.3 Å². The Labute approximate surface area is 113 Å². The molecule has 0 amide bonds. The van der Waals surface area contributed by atoms with Gasteiger partial charge in [-0.05, 0) is 6.92 Å². The highest BCUT2D eigenvalue weighted by Gasteiger charge is 2.03. The fourth-order valence-electron chi connectivity index (χ4n) is 1.73. The lowest BCUT2D eigenvalue weighted by Gasteiger charge is -2.04. The third-order valence-electron chi connectivity index (χ3n) is 2.82. The second-order valence-electron chi connectivity index (χ2n) is 4.28. The SMILES string of the molecule is CN=C(N=C(N)c1ccc(C)cc1)c1ccccc1. The van der Waals surface area contributed by atoms with E-state index in [0.29, 0.717) is 11.7 Å². The molecule has 0 radical (unpaired) electrons. The molecule has 0 unspecified atom stereocenters. The normalized spacial score (nSPS) is 12.5. The van der Waals surface area contributed by atoms with Crippen LogP contribution in [0.5, 0.6) is 0 Å². The molecule has 0 aliphatic carbocycles. The van der Waals surface area contributed by atoms with E-state index < -0.39 is 0 Å². The molecule has 0 atom stereocenters.